The summed E-state index contributed by atoms with van der Waals surface area (Å²) in [7, 11) is 4.27. The van der Waals surface area contributed by atoms with Crippen molar-refractivity contribution in [3.05, 3.63) is 87.5 Å². The maximum Gasteiger partial charge on any atom is 0.351 e. The van der Waals surface area contributed by atoms with Crippen LogP contribution in [0.2, 0.25) is 0 Å². The van der Waals surface area contributed by atoms with Gasteiger partial charge in [-0.3, -0.25) is 0 Å². The summed E-state index contributed by atoms with van der Waals surface area (Å²) in [5, 5.41) is 42.0. The summed E-state index contributed by atoms with van der Waals surface area (Å²) >= 11 is 0. The lowest BCUT2D eigenvalue weighted by atomic mass is 10.00. The smallest absolute Gasteiger partial charge is 0.351 e. The molecule has 4 aromatic rings. The van der Waals surface area contributed by atoms with Crippen molar-refractivity contribution in [3.8, 4) is 51.7 Å². The third-order valence-corrected chi connectivity index (χ3v) is 7.02. The molecule has 266 valence electrons. The van der Waals surface area contributed by atoms with Gasteiger partial charge in [0.05, 0.1) is 45.1 Å². The summed E-state index contributed by atoms with van der Waals surface area (Å²) in [6, 6.07) is 8.65. The summed E-state index contributed by atoms with van der Waals surface area (Å²) in [6.07, 6.45) is 0. The molecule has 4 N–H and O–H groups in total. The van der Waals surface area contributed by atoms with Gasteiger partial charge < -0.3 is 53.6 Å². The van der Waals surface area contributed by atoms with E-state index in [-0.39, 0.29) is 28.6 Å². The molecule has 0 spiro atoms. The lowest BCUT2D eigenvalue weighted by Gasteiger charge is -2.18. The topological polar surface area (TPSA) is 231 Å². The van der Waals surface area contributed by atoms with E-state index in [0.717, 1.165) is 51.7 Å². The zero-order valence-corrected chi connectivity index (χ0v) is 27.8. The zero-order chi connectivity index (χ0) is 37.7. The van der Waals surface area contributed by atoms with Gasteiger partial charge in [0.25, 0.3) is 0 Å². The summed E-state index contributed by atoms with van der Waals surface area (Å²) in [5.41, 5.74) is -2.16. The second kappa shape index (κ2) is 15.1. The Morgan fingerprint density at radius 3 is 1.49 bits per heavy atom. The van der Waals surface area contributed by atoms with Crippen LogP contribution in [0.3, 0.4) is 0 Å². The minimum atomic E-state index is -1.44. The third kappa shape index (κ3) is 7.69. The Labute approximate surface area is 288 Å². The van der Waals surface area contributed by atoms with Crippen LogP contribution in [0, 0.1) is 13.8 Å². The number of hydrogen-bond donors (Lipinski definition) is 4. The molecule has 16 nitrogen and oxygen atoms in total. The van der Waals surface area contributed by atoms with E-state index in [0.29, 0.717) is 11.1 Å². The van der Waals surface area contributed by atoms with E-state index < -0.39 is 80.8 Å². The van der Waals surface area contributed by atoms with Crippen molar-refractivity contribution >= 4 is 29.8 Å². The van der Waals surface area contributed by atoms with Crippen LogP contribution in [0.15, 0.2) is 48.5 Å². The number of carbonyl (C=O) groups excluding carboxylic acids is 5. The fraction of sp³-hybridized carbons (Fsp3) is 0.171. The number of esters is 5. The van der Waals surface area contributed by atoms with Gasteiger partial charge in [-0.1, -0.05) is 0 Å². The van der Waals surface area contributed by atoms with Crippen LogP contribution < -0.4 is 18.9 Å². The average molecular weight is 707 g/mol. The first-order valence-corrected chi connectivity index (χ1v) is 14.5. The largest absolute Gasteiger partial charge is 0.508 e. The number of ether oxygens (including phenoxy) is 7. The molecule has 4 rings (SSSR count). The minimum Gasteiger partial charge on any atom is -0.508 e. The van der Waals surface area contributed by atoms with Gasteiger partial charge in [-0.2, -0.15) is 0 Å². The van der Waals surface area contributed by atoms with Crippen molar-refractivity contribution in [2.45, 2.75) is 13.8 Å². The number of rotatable bonds is 10. The van der Waals surface area contributed by atoms with Gasteiger partial charge in [-0.15, -0.1) is 0 Å². The van der Waals surface area contributed by atoms with Crippen molar-refractivity contribution < 1.29 is 77.6 Å². The number of methoxy groups -OCH3 is 4. The molecule has 0 bridgehead atoms. The minimum absolute atomic E-state index is 0.152. The fourth-order valence-corrected chi connectivity index (χ4v) is 4.82. The Balaban J connectivity index is 1.82. The Kier molecular flexibility index (Phi) is 10.9. The number of benzene rings is 4. The van der Waals surface area contributed by atoms with Crippen LogP contribution in [-0.2, 0) is 14.2 Å². The summed E-state index contributed by atoms with van der Waals surface area (Å²) in [5.74, 6) is -10.5. The summed E-state index contributed by atoms with van der Waals surface area (Å²) < 4.78 is 36.2. The van der Waals surface area contributed by atoms with Gasteiger partial charge in [0.1, 0.15) is 34.1 Å². The van der Waals surface area contributed by atoms with Crippen LogP contribution in [0.5, 0.6) is 51.7 Å². The molecule has 0 aromatic heterocycles. The van der Waals surface area contributed by atoms with Gasteiger partial charge >= 0.3 is 29.8 Å². The number of carbonyl (C=O) groups is 5. The molecule has 0 atom stereocenters. The first-order chi connectivity index (χ1) is 24.1. The van der Waals surface area contributed by atoms with E-state index in [4.69, 9.17) is 23.7 Å². The summed E-state index contributed by atoms with van der Waals surface area (Å²) in [4.78, 5) is 65.0. The molecule has 0 aliphatic heterocycles. The van der Waals surface area contributed by atoms with Crippen LogP contribution in [0.4, 0.5) is 0 Å². The average Bonchev–Trinajstić information content (AvgIpc) is 3.08. The lowest BCUT2D eigenvalue weighted by molar-refractivity contribution is 0.0570. The van der Waals surface area contributed by atoms with Gasteiger partial charge in [-0.05, 0) is 67.4 Å². The highest BCUT2D eigenvalue weighted by molar-refractivity contribution is 6.11. The maximum absolute atomic E-state index is 13.8. The molecule has 16 heteroatoms. The molecule has 0 unspecified atom stereocenters. The van der Waals surface area contributed by atoms with Crippen molar-refractivity contribution in [1.29, 1.82) is 0 Å². The highest BCUT2D eigenvalue weighted by Gasteiger charge is 2.32. The lowest BCUT2D eigenvalue weighted by Crippen LogP contribution is -2.21. The van der Waals surface area contributed by atoms with Crippen LogP contribution in [-0.4, -0.2) is 78.7 Å². The molecule has 0 fully saturated rings. The first-order valence-electron chi connectivity index (χ1n) is 14.5. The number of phenols is 4. The fourth-order valence-electron chi connectivity index (χ4n) is 4.82. The Morgan fingerprint density at radius 1 is 0.471 bits per heavy atom. The SMILES string of the molecule is COC(=O)c1cc(O)cc(OC)c1Oc1cc(C)cc(O)c1C(=O)Oc1cc(C)cc(O)c1OC(=O)c1c(C(=O)OC)cc(O)cc1C(=O)OC. The molecular formula is C35H30O16. The molecule has 0 aliphatic rings. The quantitative estimate of drug-likeness (QED) is 0.0992. The molecular weight excluding hydrogens is 676 g/mol. The molecule has 0 saturated carbocycles. The normalized spacial score (nSPS) is 10.5. The number of aromatic hydroxyl groups is 4. The first kappa shape index (κ1) is 36.9. The second-order valence-corrected chi connectivity index (χ2v) is 10.6. The van der Waals surface area contributed by atoms with Gasteiger partial charge in [0.15, 0.2) is 23.0 Å². The monoisotopic (exact) mass is 706 g/mol. The molecule has 0 aliphatic carbocycles. The highest BCUT2D eigenvalue weighted by atomic mass is 16.6. The molecule has 51 heavy (non-hydrogen) atoms. The second-order valence-electron chi connectivity index (χ2n) is 10.6. The van der Waals surface area contributed by atoms with E-state index in [2.05, 4.69) is 9.47 Å². The highest BCUT2D eigenvalue weighted by Crippen LogP contribution is 2.44. The third-order valence-electron chi connectivity index (χ3n) is 7.02. The van der Waals surface area contributed by atoms with Crippen LogP contribution in [0.1, 0.15) is 62.9 Å². The predicted octanol–water partition coefficient (Wildman–Crippen LogP) is 4.72. The summed E-state index contributed by atoms with van der Waals surface area (Å²) in [6.45, 7) is 3.05. The van der Waals surface area contributed by atoms with Crippen molar-refractivity contribution in [3.63, 3.8) is 0 Å². The number of aryl methyl sites for hydroxylation is 2. The predicted molar refractivity (Wildman–Crippen MR) is 172 cm³/mol. The van der Waals surface area contributed by atoms with E-state index in [1.165, 1.54) is 32.2 Å². The van der Waals surface area contributed by atoms with E-state index in [9.17, 15) is 44.4 Å². The van der Waals surface area contributed by atoms with Gasteiger partial charge in [-0.25, -0.2) is 24.0 Å². The Bertz CT molecular complexity index is 2040. The maximum atomic E-state index is 13.8. The number of hydrogen-bond acceptors (Lipinski definition) is 16. The molecule has 0 saturated heterocycles. The van der Waals surface area contributed by atoms with Crippen molar-refractivity contribution in [2.24, 2.45) is 0 Å². The molecule has 0 radical (unpaired) electrons. The number of phenolic OH excluding ortho intramolecular Hbond substituents is 4. The van der Waals surface area contributed by atoms with E-state index in [1.807, 2.05) is 0 Å². The van der Waals surface area contributed by atoms with E-state index in [1.54, 1.807) is 6.92 Å². The Hall–Kier alpha value is -6.97. The zero-order valence-electron chi connectivity index (χ0n) is 27.8. The van der Waals surface area contributed by atoms with Crippen LogP contribution >= 0.6 is 0 Å². The molecule has 0 heterocycles. The molecule has 0 amide bonds. The van der Waals surface area contributed by atoms with Gasteiger partial charge in [0.2, 0.25) is 5.75 Å². The molecule has 4 aromatic carbocycles. The standard InChI is InChI=1S/C35H30O16/c1-15-7-22(38)28(24(9-15)49-29-21(33(42)48-6)13-18(37)14-25(29)45-3)35(44)50-26-10-16(2)8-23(39)30(26)51-34(43)27-19(31(40)46-4)11-17(36)12-20(27)32(41)47-5/h7-14,36-39H,1-6H3. The van der Waals surface area contributed by atoms with Crippen molar-refractivity contribution in [2.75, 3.05) is 28.4 Å². The van der Waals surface area contributed by atoms with Crippen LogP contribution in [0.25, 0.3) is 0 Å². The van der Waals surface area contributed by atoms with Gasteiger partial charge in [0, 0.05) is 6.07 Å². The van der Waals surface area contributed by atoms with E-state index >= 15 is 0 Å². The Morgan fingerprint density at radius 2 is 0.941 bits per heavy atom. The van der Waals surface area contributed by atoms with Crippen molar-refractivity contribution in [1.82, 2.24) is 0 Å².